The number of carbonyl (C=O) groups excluding carboxylic acids is 3. The summed E-state index contributed by atoms with van der Waals surface area (Å²) >= 11 is 0. The van der Waals surface area contributed by atoms with Gasteiger partial charge in [-0.1, -0.05) is 0 Å². The van der Waals surface area contributed by atoms with Gasteiger partial charge in [0.25, 0.3) is 5.91 Å². The van der Waals surface area contributed by atoms with Gasteiger partial charge in [0.15, 0.2) is 0 Å². The van der Waals surface area contributed by atoms with E-state index >= 15 is 4.39 Å². The number of amides is 3. The van der Waals surface area contributed by atoms with Gasteiger partial charge in [0.2, 0.25) is 11.8 Å². The average molecular weight is 498 g/mol. The highest BCUT2D eigenvalue weighted by atomic mass is 19.1. The van der Waals surface area contributed by atoms with E-state index in [1.807, 2.05) is 13.8 Å². The fourth-order valence-corrected chi connectivity index (χ4v) is 5.16. The van der Waals surface area contributed by atoms with E-state index in [4.69, 9.17) is 0 Å². The number of halogens is 1. The van der Waals surface area contributed by atoms with Crippen LogP contribution in [0, 0.1) is 30.5 Å². The Kier molecular flexibility index (Phi) is 7.76. The zero-order chi connectivity index (χ0) is 26.0. The zero-order valence-electron chi connectivity index (χ0n) is 21.4. The maximum Gasteiger partial charge on any atom is 0.270 e. The first-order valence-electron chi connectivity index (χ1n) is 13.0. The summed E-state index contributed by atoms with van der Waals surface area (Å²) in [5, 5.41) is 12.6. The lowest BCUT2D eigenvalue weighted by atomic mass is 9.88. The molecule has 2 saturated carbocycles. The zero-order valence-corrected chi connectivity index (χ0v) is 21.4. The lowest BCUT2D eigenvalue weighted by Crippen LogP contribution is -2.50. The number of benzene rings is 1. The van der Waals surface area contributed by atoms with E-state index < -0.39 is 23.7 Å². The van der Waals surface area contributed by atoms with Crippen molar-refractivity contribution < 1.29 is 18.8 Å². The maximum atomic E-state index is 15.1. The van der Waals surface area contributed by atoms with Crippen LogP contribution >= 0.6 is 0 Å². The third-order valence-corrected chi connectivity index (χ3v) is 7.36. The van der Waals surface area contributed by atoms with Crippen molar-refractivity contribution in [3.8, 4) is 0 Å². The Balaban J connectivity index is 1.57. The SMILES string of the molecule is CCNC(=O)C(C)c1cc(F)c(NC(=O)[C@@H](NC(=O)c2ccnn2CC)C(C2CC2)C2CC2)cc1C. The molecule has 0 saturated heterocycles. The molecule has 9 heteroatoms. The first-order valence-corrected chi connectivity index (χ1v) is 13.0. The minimum atomic E-state index is -0.772. The Morgan fingerprint density at radius 2 is 1.78 bits per heavy atom. The van der Waals surface area contributed by atoms with Crippen LogP contribution in [0.4, 0.5) is 10.1 Å². The number of hydrogen-bond acceptors (Lipinski definition) is 4. The fourth-order valence-electron chi connectivity index (χ4n) is 5.16. The highest BCUT2D eigenvalue weighted by Gasteiger charge is 2.48. The molecule has 0 radical (unpaired) electrons. The van der Waals surface area contributed by atoms with Crippen LogP contribution in [-0.2, 0) is 16.1 Å². The summed E-state index contributed by atoms with van der Waals surface area (Å²) in [6, 6.07) is 3.74. The second-order valence-corrected chi connectivity index (χ2v) is 10.0. The summed E-state index contributed by atoms with van der Waals surface area (Å²) in [5.41, 5.74) is 1.72. The molecule has 2 aliphatic rings. The maximum absolute atomic E-state index is 15.1. The fraction of sp³-hybridized carbons (Fsp3) is 0.556. The molecule has 2 aromatic rings. The summed E-state index contributed by atoms with van der Waals surface area (Å²) < 4.78 is 16.7. The smallest absolute Gasteiger partial charge is 0.270 e. The second-order valence-electron chi connectivity index (χ2n) is 10.0. The van der Waals surface area contributed by atoms with Crippen molar-refractivity contribution in [3.05, 3.63) is 47.0 Å². The summed E-state index contributed by atoms with van der Waals surface area (Å²) in [5.74, 6) is -1.29. The van der Waals surface area contributed by atoms with Crippen molar-refractivity contribution in [1.82, 2.24) is 20.4 Å². The van der Waals surface area contributed by atoms with Crippen LogP contribution in [0.25, 0.3) is 0 Å². The van der Waals surface area contributed by atoms with Crippen molar-refractivity contribution in [2.75, 3.05) is 11.9 Å². The summed E-state index contributed by atoms with van der Waals surface area (Å²) in [4.78, 5) is 39.0. The molecule has 2 aliphatic carbocycles. The van der Waals surface area contributed by atoms with Crippen molar-refractivity contribution in [2.24, 2.45) is 17.8 Å². The van der Waals surface area contributed by atoms with Crippen LogP contribution < -0.4 is 16.0 Å². The van der Waals surface area contributed by atoms with Gasteiger partial charge in [-0.25, -0.2) is 4.39 Å². The van der Waals surface area contributed by atoms with Gasteiger partial charge < -0.3 is 16.0 Å². The van der Waals surface area contributed by atoms with Gasteiger partial charge in [0, 0.05) is 19.3 Å². The number of hydrogen-bond donors (Lipinski definition) is 3. The van der Waals surface area contributed by atoms with Gasteiger partial charge in [-0.05, 0) is 100 Å². The number of nitrogens with one attached hydrogen (secondary N) is 3. The largest absolute Gasteiger partial charge is 0.356 e. The monoisotopic (exact) mass is 497 g/mol. The van der Waals surface area contributed by atoms with Gasteiger partial charge in [-0.3, -0.25) is 19.1 Å². The van der Waals surface area contributed by atoms with Crippen LogP contribution in [0.5, 0.6) is 0 Å². The van der Waals surface area contributed by atoms with Crippen LogP contribution in [-0.4, -0.2) is 40.1 Å². The predicted octanol–water partition coefficient (Wildman–Crippen LogP) is 3.76. The summed E-state index contributed by atoms with van der Waals surface area (Å²) in [6.45, 7) is 8.28. The Morgan fingerprint density at radius 1 is 1.11 bits per heavy atom. The van der Waals surface area contributed by atoms with Gasteiger partial charge in [-0.2, -0.15) is 5.10 Å². The van der Waals surface area contributed by atoms with E-state index in [9.17, 15) is 14.4 Å². The molecule has 0 bridgehead atoms. The summed E-state index contributed by atoms with van der Waals surface area (Å²) in [7, 11) is 0. The van der Waals surface area contributed by atoms with E-state index in [1.165, 1.54) is 6.07 Å². The van der Waals surface area contributed by atoms with E-state index in [1.54, 1.807) is 36.9 Å². The first kappa shape index (κ1) is 25.9. The lowest BCUT2D eigenvalue weighted by molar-refractivity contribution is -0.122. The summed E-state index contributed by atoms with van der Waals surface area (Å²) in [6.07, 6.45) is 5.70. The molecule has 8 nitrogen and oxygen atoms in total. The number of anilines is 1. The quantitative estimate of drug-likeness (QED) is 0.440. The van der Waals surface area contributed by atoms with Crippen molar-refractivity contribution >= 4 is 23.4 Å². The molecule has 4 rings (SSSR count). The van der Waals surface area contributed by atoms with Gasteiger partial charge in [0.05, 0.1) is 11.6 Å². The number of likely N-dealkylation sites (N-methyl/N-ethyl adjacent to an activating group) is 1. The molecular weight excluding hydrogens is 461 g/mol. The molecule has 1 aromatic heterocycles. The molecule has 1 unspecified atom stereocenters. The van der Waals surface area contributed by atoms with Gasteiger partial charge in [-0.15, -0.1) is 0 Å². The number of aromatic nitrogens is 2. The minimum Gasteiger partial charge on any atom is -0.356 e. The second kappa shape index (κ2) is 10.8. The number of rotatable bonds is 11. The molecule has 3 amide bonds. The Hall–Kier alpha value is -3.23. The predicted molar refractivity (Wildman–Crippen MR) is 135 cm³/mol. The number of carbonyl (C=O) groups is 3. The van der Waals surface area contributed by atoms with Gasteiger partial charge >= 0.3 is 0 Å². The molecule has 1 aromatic carbocycles. The third-order valence-electron chi connectivity index (χ3n) is 7.36. The normalized spacial score (nSPS) is 16.9. The topological polar surface area (TPSA) is 105 Å². The third kappa shape index (κ3) is 5.60. The van der Waals surface area contributed by atoms with E-state index in [0.717, 1.165) is 25.7 Å². The molecule has 2 atom stereocenters. The van der Waals surface area contributed by atoms with E-state index in [2.05, 4.69) is 21.0 Å². The molecule has 0 spiro atoms. The van der Waals surface area contributed by atoms with Gasteiger partial charge in [0.1, 0.15) is 17.6 Å². The number of aryl methyl sites for hydroxylation is 2. The van der Waals surface area contributed by atoms with Crippen LogP contribution in [0.15, 0.2) is 24.4 Å². The Labute approximate surface area is 211 Å². The molecule has 194 valence electrons. The Morgan fingerprint density at radius 3 is 2.36 bits per heavy atom. The van der Waals surface area contributed by atoms with Crippen LogP contribution in [0.1, 0.15) is 74.0 Å². The highest BCUT2D eigenvalue weighted by molar-refractivity contribution is 6.01. The lowest BCUT2D eigenvalue weighted by Gasteiger charge is -2.28. The number of nitrogens with zero attached hydrogens (tertiary/aromatic N) is 2. The van der Waals surface area contributed by atoms with Crippen molar-refractivity contribution in [2.45, 2.75) is 71.9 Å². The molecule has 0 aliphatic heterocycles. The molecule has 36 heavy (non-hydrogen) atoms. The van der Waals surface area contributed by atoms with Crippen molar-refractivity contribution in [3.63, 3.8) is 0 Å². The standard InChI is InChI=1S/C27H36FN5O3/c1-5-29-25(34)16(4)19-14-20(28)21(13-15(19)3)31-27(36)24(23(17-7-8-17)18-9-10-18)32-26(35)22-11-12-30-33(22)6-2/h11-14,16-18,23-24H,5-10H2,1-4H3,(H,29,34)(H,31,36)(H,32,35)/t16?,24-/m0/s1. The van der Waals surface area contributed by atoms with E-state index in [0.29, 0.717) is 41.7 Å². The Bertz CT molecular complexity index is 1130. The molecule has 1 heterocycles. The van der Waals surface area contributed by atoms with E-state index in [-0.39, 0.29) is 23.4 Å². The molecular formula is C27H36FN5O3. The van der Waals surface area contributed by atoms with Crippen LogP contribution in [0.2, 0.25) is 0 Å². The van der Waals surface area contributed by atoms with Crippen molar-refractivity contribution in [1.29, 1.82) is 0 Å². The minimum absolute atomic E-state index is 0.0214. The highest BCUT2D eigenvalue weighted by Crippen LogP contribution is 2.51. The van der Waals surface area contributed by atoms with Crippen LogP contribution in [0.3, 0.4) is 0 Å². The average Bonchev–Trinajstić information content (AvgIpc) is 3.79. The first-order chi connectivity index (χ1) is 17.2. The molecule has 2 fully saturated rings. The molecule has 3 N–H and O–H groups in total.